The minimum atomic E-state index is -0.749. The van der Waals surface area contributed by atoms with E-state index < -0.39 is 5.41 Å². The number of nitrogen functional groups attached to an aromatic ring is 1. The van der Waals surface area contributed by atoms with Crippen LogP contribution < -0.4 is 5.73 Å². The summed E-state index contributed by atoms with van der Waals surface area (Å²) in [6, 6.07) is 7.09. The maximum absolute atomic E-state index is 12.1. The van der Waals surface area contributed by atoms with Gasteiger partial charge < -0.3 is 15.2 Å². The summed E-state index contributed by atoms with van der Waals surface area (Å²) in [7, 11) is 2.70. The standard InChI is InChI=1S/C14H17NO4/c1-18-12(16)9-7-14(8-9,13(17)19-2)10-3-5-11(15)6-4-10/h3-6,9H,7-8,15H2,1-2H3. The van der Waals surface area contributed by atoms with Crippen LogP contribution in [0.4, 0.5) is 5.69 Å². The summed E-state index contributed by atoms with van der Waals surface area (Å²) < 4.78 is 9.59. The summed E-state index contributed by atoms with van der Waals surface area (Å²) in [5.41, 5.74) is 6.36. The number of benzene rings is 1. The Balaban J connectivity index is 2.27. The van der Waals surface area contributed by atoms with Gasteiger partial charge in [-0.05, 0) is 30.5 Å². The van der Waals surface area contributed by atoms with Gasteiger partial charge in [0.15, 0.2) is 0 Å². The molecule has 0 bridgehead atoms. The van der Waals surface area contributed by atoms with Crippen LogP contribution in [0.1, 0.15) is 18.4 Å². The summed E-state index contributed by atoms with van der Waals surface area (Å²) in [6.45, 7) is 0. The zero-order valence-electron chi connectivity index (χ0n) is 11.0. The van der Waals surface area contributed by atoms with E-state index in [9.17, 15) is 9.59 Å². The summed E-state index contributed by atoms with van der Waals surface area (Å²) >= 11 is 0. The van der Waals surface area contributed by atoms with Crippen LogP contribution in [0, 0.1) is 5.92 Å². The summed E-state index contributed by atoms with van der Waals surface area (Å²) in [5, 5.41) is 0. The Bertz CT molecular complexity index is 489. The van der Waals surface area contributed by atoms with Gasteiger partial charge >= 0.3 is 11.9 Å². The molecule has 1 aliphatic rings. The number of esters is 2. The maximum atomic E-state index is 12.1. The molecule has 2 N–H and O–H groups in total. The highest BCUT2D eigenvalue weighted by Crippen LogP contribution is 2.49. The fourth-order valence-electron chi connectivity index (χ4n) is 2.63. The van der Waals surface area contributed by atoms with E-state index in [0.717, 1.165) is 5.56 Å². The SMILES string of the molecule is COC(=O)C1CC(C(=O)OC)(c2ccc(N)cc2)C1. The van der Waals surface area contributed by atoms with Gasteiger partial charge in [-0.15, -0.1) is 0 Å². The molecule has 1 aromatic carbocycles. The van der Waals surface area contributed by atoms with Crippen molar-refractivity contribution in [2.24, 2.45) is 5.92 Å². The van der Waals surface area contributed by atoms with E-state index in [4.69, 9.17) is 15.2 Å². The number of methoxy groups -OCH3 is 2. The van der Waals surface area contributed by atoms with Gasteiger partial charge in [0.25, 0.3) is 0 Å². The molecule has 0 atom stereocenters. The zero-order chi connectivity index (χ0) is 14.0. The summed E-state index contributed by atoms with van der Waals surface area (Å²) in [5.74, 6) is -0.853. The molecule has 0 saturated heterocycles. The number of nitrogens with two attached hydrogens (primary N) is 1. The Morgan fingerprint density at radius 2 is 1.74 bits per heavy atom. The van der Waals surface area contributed by atoms with Crippen molar-refractivity contribution in [3.05, 3.63) is 29.8 Å². The molecule has 0 unspecified atom stereocenters. The smallest absolute Gasteiger partial charge is 0.316 e. The van der Waals surface area contributed by atoms with Gasteiger partial charge in [0.1, 0.15) is 0 Å². The van der Waals surface area contributed by atoms with Crippen molar-refractivity contribution in [3.63, 3.8) is 0 Å². The van der Waals surface area contributed by atoms with Gasteiger partial charge in [0, 0.05) is 5.69 Å². The summed E-state index contributed by atoms with van der Waals surface area (Å²) in [4.78, 5) is 23.5. The van der Waals surface area contributed by atoms with Crippen molar-refractivity contribution in [1.82, 2.24) is 0 Å². The van der Waals surface area contributed by atoms with E-state index in [1.807, 2.05) is 0 Å². The monoisotopic (exact) mass is 263 g/mol. The molecule has 0 amide bonds. The molecule has 2 rings (SSSR count). The molecule has 1 fully saturated rings. The van der Waals surface area contributed by atoms with Crippen LogP contribution in [0.5, 0.6) is 0 Å². The third-order valence-electron chi connectivity index (χ3n) is 3.76. The fourth-order valence-corrected chi connectivity index (χ4v) is 2.63. The highest BCUT2D eigenvalue weighted by Gasteiger charge is 2.55. The molecule has 0 aliphatic heterocycles. The average molecular weight is 263 g/mol. The molecule has 1 saturated carbocycles. The van der Waals surface area contributed by atoms with E-state index in [2.05, 4.69) is 0 Å². The molecule has 0 aromatic heterocycles. The Morgan fingerprint density at radius 3 is 2.21 bits per heavy atom. The van der Waals surface area contributed by atoms with Crippen molar-refractivity contribution >= 4 is 17.6 Å². The Kier molecular flexibility index (Phi) is 3.46. The van der Waals surface area contributed by atoms with Crippen molar-refractivity contribution in [2.75, 3.05) is 20.0 Å². The predicted octanol–water partition coefficient (Wildman–Crippen LogP) is 1.26. The predicted molar refractivity (Wildman–Crippen MR) is 69.3 cm³/mol. The van der Waals surface area contributed by atoms with E-state index in [1.54, 1.807) is 24.3 Å². The van der Waals surface area contributed by atoms with Crippen LogP contribution in [0.25, 0.3) is 0 Å². The second-order valence-corrected chi connectivity index (χ2v) is 4.82. The summed E-state index contributed by atoms with van der Waals surface area (Å²) in [6.07, 6.45) is 0.826. The van der Waals surface area contributed by atoms with Gasteiger partial charge in [-0.25, -0.2) is 0 Å². The quantitative estimate of drug-likeness (QED) is 0.656. The van der Waals surface area contributed by atoms with Crippen LogP contribution in [-0.2, 0) is 24.5 Å². The Morgan fingerprint density at radius 1 is 1.16 bits per heavy atom. The van der Waals surface area contributed by atoms with E-state index in [0.29, 0.717) is 18.5 Å². The van der Waals surface area contributed by atoms with Crippen LogP contribution in [0.2, 0.25) is 0 Å². The lowest BCUT2D eigenvalue weighted by Gasteiger charge is -2.44. The maximum Gasteiger partial charge on any atom is 0.316 e. The third-order valence-corrected chi connectivity index (χ3v) is 3.76. The van der Waals surface area contributed by atoms with Crippen LogP contribution in [-0.4, -0.2) is 26.2 Å². The molecule has 0 radical (unpaired) electrons. The lowest BCUT2D eigenvalue weighted by molar-refractivity contribution is -0.161. The van der Waals surface area contributed by atoms with Gasteiger partial charge in [-0.1, -0.05) is 12.1 Å². The third kappa shape index (κ3) is 2.16. The first-order chi connectivity index (χ1) is 9.03. The van der Waals surface area contributed by atoms with E-state index in [1.165, 1.54) is 14.2 Å². The number of rotatable bonds is 3. The second kappa shape index (κ2) is 4.91. The number of hydrogen-bond acceptors (Lipinski definition) is 5. The van der Waals surface area contributed by atoms with Crippen molar-refractivity contribution in [3.8, 4) is 0 Å². The van der Waals surface area contributed by atoms with Crippen LogP contribution >= 0.6 is 0 Å². The highest BCUT2D eigenvalue weighted by molar-refractivity contribution is 5.88. The molecule has 0 heterocycles. The van der Waals surface area contributed by atoms with Crippen molar-refractivity contribution in [2.45, 2.75) is 18.3 Å². The molecule has 1 aromatic rings. The molecule has 5 heteroatoms. The lowest BCUT2D eigenvalue weighted by Crippen LogP contribution is -2.51. The largest absolute Gasteiger partial charge is 0.469 e. The van der Waals surface area contributed by atoms with Crippen LogP contribution in [0.15, 0.2) is 24.3 Å². The molecule has 5 nitrogen and oxygen atoms in total. The number of ether oxygens (including phenoxy) is 2. The van der Waals surface area contributed by atoms with Crippen molar-refractivity contribution < 1.29 is 19.1 Å². The van der Waals surface area contributed by atoms with Gasteiger partial charge in [0.2, 0.25) is 0 Å². The first-order valence-corrected chi connectivity index (χ1v) is 6.06. The average Bonchev–Trinajstić information content (AvgIpc) is 2.38. The molecule has 102 valence electrons. The lowest BCUT2D eigenvalue weighted by atomic mass is 9.58. The highest BCUT2D eigenvalue weighted by atomic mass is 16.5. The molecular weight excluding hydrogens is 246 g/mol. The first-order valence-electron chi connectivity index (χ1n) is 6.06. The van der Waals surface area contributed by atoms with E-state index >= 15 is 0 Å². The molecular formula is C14H17NO4. The molecule has 0 spiro atoms. The number of anilines is 1. The number of carbonyl (C=O) groups excluding carboxylic acids is 2. The van der Waals surface area contributed by atoms with Crippen molar-refractivity contribution in [1.29, 1.82) is 0 Å². The Labute approximate surface area is 111 Å². The first kappa shape index (κ1) is 13.4. The van der Waals surface area contributed by atoms with Gasteiger partial charge in [-0.3, -0.25) is 9.59 Å². The fraction of sp³-hybridized carbons (Fsp3) is 0.429. The zero-order valence-corrected chi connectivity index (χ0v) is 11.0. The molecule has 1 aliphatic carbocycles. The minimum absolute atomic E-state index is 0.248. The second-order valence-electron chi connectivity index (χ2n) is 4.82. The van der Waals surface area contributed by atoms with Crippen LogP contribution in [0.3, 0.4) is 0 Å². The Hall–Kier alpha value is -2.04. The van der Waals surface area contributed by atoms with E-state index in [-0.39, 0.29) is 17.9 Å². The minimum Gasteiger partial charge on any atom is -0.469 e. The number of hydrogen-bond donors (Lipinski definition) is 1. The number of carbonyl (C=O) groups is 2. The normalized spacial score (nSPS) is 25.3. The molecule has 19 heavy (non-hydrogen) atoms. The van der Waals surface area contributed by atoms with Gasteiger partial charge in [-0.2, -0.15) is 0 Å². The topological polar surface area (TPSA) is 78.6 Å². The van der Waals surface area contributed by atoms with Gasteiger partial charge in [0.05, 0.1) is 25.6 Å².